The highest BCUT2D eigenvalue weighted by Gasteiger charge is 2.33. The second-order valence-electron chi connectivity index (χ2n) is 4.52. The van der Waals surface area contributed by atoms with E-state index < -0.39 is 0 Å². The summed E-state index contributed by atoms with van der Waals surface area (Å²) in [7, 11) is 0. The molecular formula is C10H22. The van der Waals surface area contributed by atoms with Crippen LogP contribution in [0.3, 0.4) is 0 Å². The largest absolute Gasteiger partial charge is 0.0648 e. The van der Waals surface area contributed by atoms with Crippen LogP contribution in [0.25, 0.3) is 0 Å². The summed E-state index contributed by atoms with van der Waals surface area (Å²) in [5.74, 6) is 0. The minimum Gasteiger partial charge on any atom is -0.0648 e. The molecular weight excluding hydrogens is 120 g/mol. The van der Waals surface area contributed by atoms with E-state index in [0.717, 1.165) is 0 Å². The molecule has 0 nitrogen and oxygen atoms in total. The van der Waals surface area contributed by atoms with Crippen molar-refractivity contribution < 1.29 is 0 Å². The van der Waals surface area contributed by atoms with Crippen LogP contribution in [0, 0.1) is 10.8 Å². The van der Waals surface area contributed by atoms with E-state index in [9.17, 15) is 0 Å². The molecule has 0 amide bonds. The van der Waals surface area contributed by atoms with Crippen molar-refractivity contribution in [3.8, 4) is 0 Å². The molecule has 0 N–H and O–H groups in total. The van der Waals surface area contributed by atoms with Gasteiger partial charge >= 0.3 is 0 Å². The molecule has 0 heteroatoms. The van der Waals surface area contributed by atoms with Gasteiger partial charge in [0.05, 0.1) is 0 Å². The van der Waals surface area contributed by atoms with Crippen molar-refractivity contribution in [1.29, 1.82) is 0 Å². The van der Waals surface area contributed by atoms with Gasteiger partial charge in [0.1, 0.15) is 0 Å². The van der Waals surface area contributed by atoms with Gasteiger partial charge in [0.15, 0.2) is 0 Å². The minimum absolute atomic E-state index is 0.455. The topological polar surface area (TPSA) is 0 Å². The summed E-state index contributed by atoms with van der Waals surface area (Å²) in [6.07, 6.45) is 2.57. The highest BCUT2D eigenvalue weighted by atomic mass is 14.4. The lowest BCUT2D eigenvalue weighted by molar-refractivity contribution is 0.0975. The molecule has 0 aromatic rings. The molecule has 0 rings (SSSR count). The molecule has 10 heavy (non-hydrogen) atoms. The van der Waals surface area contributed by atoms with Crippen LogP contribution < -0.4 is 0 Å². The average Bonchev–Trinajstić information content (AvgIpc) is 1.84. The molecule has 0 saturated heterocycles. The van der Waals surface area contributed by atoms with Gasteiger partial charge in [0.2, 0.25) is 0 Å². The van der Waals surface area contributed by atoms with Gasteiger partial charge in [-0.1, -0.05) is 54.4 Å². The predicted molar refractivity (Wildman–Crippen MR) is 48.1 cm³/mol. The fourth-order valence-electron chi connectivity index (χ4n) is 1.31. The van der Waals surface area contributed by atoms with Crippen LogP contribution in [-0.2, 0) is 0 Å². The van der Waals surface area contributed by atoms with Gasteiger partial charge in [-0.15, -0.1) is 0 Å². The van der Waals surface area contributed by atoms with Gasteiger partial charge in [0.25, 0.3) is 0 Å². The standard InChI is InChI=1S/C10H22/c1-7-10(6,8-2)9(3,4)5/h7-8H2,1-6H3. The number of rotatable bonds is 2. The Kier molecular flexibility index (Phi) is 2.94. The normalized spacial score (nSPS) is 13.8. The second-order valence-corrected chi connectivity index (χ2v) is 4.52. The zero-order valence-corrected chi connectivity index (χ0v) is 8.41. The van der Waals surface area contributed by atoms with Crippen LogP contribution in [0.15, 0.2) is 0 Å². The second kappa shape index (κ2) is 2.94. The van der Waals surface area contributed by atoms with Gasteiger partial charge in [-0.3, -0.25) is 0 Å². The zero-order valence-electron chi connectivity index (χ0n) is 8.41. The van der Waals surface area contributed by atoms with E-state index in [4.69, 9.17) is 0 Å². The molecule has 0 bridgehead atoms. The van der Waals surface area contributed by atoms with Gasteiger partial charge in [0, 0.05) is 0 Å². The molecule has 0 heterocycles. The van der Waals surface area contributed by atoms with Gasteiger partial charge < -0.3 is 0 Å². The highest BCUT2D eigenvalue weighted by molar-refractivity contribution is 4.83. The molecule has 0 radical (unpaired) electrons. The van der Waals surface area contributed by atoms with E-state index in [0.29, 0.717) is 10.8 Å². The van der Waals surface area contributed by atoms with Gasteiger partial charge in [-0.05, 0) is 10.8 Å². The smallest absolute Gasteiger partial charge is 0.0282 e. The van der Waals surface area contributed by atoms with Crippen LogP contribution in [0.5, 0.6) is 0 Å². The van der Waals surface area contributed by atoms with Crippen LogP contribution >= 0.6 is 0 Å². The van der Waals surface area contributed by atoms with E-state index in [-0.39, 0.29) is 0 Å². The van der Waals surface area contributed by atoms with Gasteiger partial charge in [-0.2, -0.15) is 0 Å². The Morgan fingerprint density at radius 1 is 0.800 bits per heavy atom. The van der Waals surface area contributed by atoms with E-state index >= 15 is 0 Å². The van der Waals surface area contributed by atoms with Crippen LogP contribution in [0.4, 0.5) is 0 Å². The summed E-state index contributed by atoms with van der Waals surface area (Å²) < 4.78 is 0. The lowest BCUT2D eigenvalue weighted by Gasteiger charge is -2.40. The Morgan fingerprint density at radius 2 is 1.10 bits per heavy atom. The van der Waals surface area contributed by atoms with Crippen molar-refractivity contribution in [2.45, 2.75) is 54.4 Å². The first-order chi connectivity index (χ1) is 4.37. The molecule has 0 aromatic heterocycles. The highest BCUT2D eigenvalue weighted by Crippen LogP contribution is 2.43. The predicted octanol–water partition coefficient (Wildman–Crippen LogP) is 3.86. The maximum Gasteiger partial charge on any atom is -0.0282 e. The number of hydrogen-bond donors (Lipinski definition) is 0. The monoisotopic (exact) mass is 142 g/mol. The van der Waals surface area contributed by atoms with E-state index in [1.807, 2.05) is 0 Å². The maximum absolute atomic E-state index is 2.38. The van der Waals surface area contributed by atoms with E-state index in [1.165, 1.54) is 12.8 Å². The first-order valence-corrected chi connectivity index (χ1v) is 4.37. The third-order valence-corrected chi connectivity index (χ3v) is 3.37. The summed E-state index contributed by atoms with van der Waals surface area (Å²) in [6.45, 7) is 14.0. The third kappa shape index (κ3) is 1.74. The first-order valence-electron chi connectivity index (χ1n) is 4.37. The summed E-state index contributed by atoms with van der Waals surface area (Å²) in [6, 6.07) is 0. The fraction of sp³-hybridized carbons (Fsp3) is 1.00. The number of hydrogen-bond acceptors (Lipinski definition) is 0. The van der Waals surface area contributed by atoms with Crippen LogP contribution in [0.1, 0.15) is 54.4 Å². The van der Waals surface area contributed by atoms with Crippen molar-refractivity contribution in [1.82, 2.24) is 0 Å². The molecule has 0 unspecified atom stereocenters. The van der Waals surface area contributed by atoms with E-state index in [2.05, 4.69) is 41.5 Å². The molecule has 0 aliphatic carbocycles. The lowest BCUT2D eigenvalue weighted by Crippen LogP contribution is -2.31. The third-order valence-electron chi connectivity index (χ3n) is 3.37. The quantitative estimate of drug-likeness (QED) is 0.549. The van der Waals surface area contributed by atoms with Crippen molar-refractivity contribution in [3.63, 3.8) is 0 Å². The minimum atomic E-state index is 0.455. The Morgan fingerprint density at radius 3 is 1.10 bits per heavy atom. The van der Waals surface area contributed by atoms with Crippen LogP contribution in [0.2, 0.25) is 0 Å². The van der Waals surface area contributed by atoms with Crippen molar-refractivity contribution in [3.05, 3.63) is 0 Å². The molecule has 0 aromatic carbocycles. The molecule has 0 aliphatic rings. The Labute approximate surface area is 66.0 Å². The first kappa shape index (κ1) is 10.0. The van der Waals surface area contributed by atoms with Gasteiger partial charge in [-0.25, -0.2) is 0 Å². The Bertz CT molecular complexity index is 91.1. The SMILES string of the molecule is CCC(C)(CC)C(C)(C)C. The summed E-state index contributed by atoms with van der Waals surface area (Å²) in [5, 5.41) is 0. The Hall–Kier alpha value is 0. The van der Waals surface area contributed by atoms with Crippen LogP contribution in [-0.4, -0.2) is 0 Å². The molecule has 0 atom stereocenters. The summed E-state index contributed by atoms with van der Waals surface area (Å²) >= 11 is 0. The van der Waals surface area contributed by atoms with E-state index in [1.54, 1.807) is 0 Å². The maximum atomic E-state index is 2.38. The zero-order chi connectivity index (χ0) is 8.41. The fourth-order valence-corrected chi connectivity index (χ4v) is 1.31. The summed E-state index contributed by atoms with van der Waals surface area (Å²) in [5.41, 5.74) is 0.976. The molecule has 62 valence electrons. The summed E-state index contributed by atoms with van der Waals surface area (Å²) in [4.78, 5) is 0. The van der Waals surface area contributed by atoms with Crippen molar-refractivity contribution in [2.75, 3.05) is 0 Å². The molecule has 0 saturated carbocycles. The Balaban J connectivity index is 4.33. The average molecular weight is 142 g/mol. The lowest BCUT2D eigenvalue weighted by atomic mass is 9.65. The molecule has 0 aliphatic heterocycles. The molecule has 0 spiro atoms. The molecule has 0 fully saturated rings. The van der Waals surface area contributed by atoms with Crippen molar-refractivity contribution >= 4 is 0 Å². The van der Waals surface area contributed by atoms with Crippen molar-refractivity contribution in [2.24, 2.45) is 10.8 Å².